The number of rotatable bonds is 6. The molecule has 2 amide bonds. The lowest BCUT2D eigenvalue weighted by molar-refractivity contribution is -0.121. The molecule has 6 nitrogen and oxygen atoms in total. The van der Waals surface area contributed by atoms with Crippen LogP contribution in [0, 0.1) is 0 Å². The Labute approximate surface area is 153 Å². The predicted octanol–water partition coefficient (Wildman–Crippen LogP) is 2.73. The summed E-state index contributed by atoms with van der Waals surface area (Å²) in [5, 5.41) is 6.90. The number of amides is 2. The van der Waals surface area contributed by atoms with E-state index in [-0.39, 0.29) is 30.6 Å². The van der Waals surface area contributed by atoms with Crippen LogP contribution in [0.4, 0.5) is 4.79 Å². The second kappa shape index (κ2) is 9.63. The highest BCUT2D eigenvalue weighted by Gasteiger charge is 2.24. The van der Waals surface area contributed by atoms with E-state index in [4.69, 9.17) is 16.3 Å². The van der Waals surface area contributed by atoms with E-state index >= 15 is 0 Å². The molecule has 1 unspecified atom stereocenters. The second-order valence-corrected chi connectivity index (χ2v) is 6.56. The Balaban J connectivity index is 1.71. The van der Waals surface area contributed by atoms with Crippen LogP contribution in [-0.4, -0.2) is 49.2 Å². The third-order valence-electron chi connectivity index (χ3n) is 4.33. The summed E-state index contributed by atoms with van der Waals surface area (Å²) in [6, 6.07) is 7.68. The topological polar surface area (TPSA) is 70.7 Å². The number of hydrogen-bond donors (Lipinski definition) is 2. The number of carbonyl (C=O) groups excluding carboxylic acids is 2. The van der Waals surface area contributed by atoms with Crippen LogP contribution in [0.25, 0.3) is 0 Å². The minimum Gasteiger partial charge on any atom is -0.450 e. The van der Waals surface area contributed by atoms with Crippen molar-refractivity contribution in [3.63, 3.8) is 0 Å². The van der Waals surface area contributed by atoms with Crippen molar-refractivity contribution < 1.29 is 14.3 Å². The zero-order valence-corrected chi connectivity index (χ0v) is 15.5. The van der Waals surface area contributed by atoms with E-state index in [1.54, 1.807) is 11.8 Å². The first-order chi connectivity index (χ1) is 12.0. The first-order valence-corrected chi connectivity index (χ1v) is 9.08. The van der Waals surface area contributed by atoms with Gasteiger partial charge < -0.3 is 20.3 Å². The van der Waals surface area contributed by atoms with Gasteiger partial charge in [0, 0.05) is 30.2 Å². The summed E-state index contributed by atoms with van der Waals surface area (Å²) < 4.78 is 4.99. The highest BCUT2D eigenvalue weighted by molar-refractivity contribution is 6.31. The summed E-state index contributed by atoms with van der Waals surface area (Å²) in [5.41, 5.74) is 0.972. The van der Waals surface area contributed by atoms with Gasteiger partial charge in [0.15, 0.2) is 0 Å². The van der Waals surface area contributed by atoms with Crippen molar-refractivity contribution >= 4 is 23.6 Å². The number of halogens is 1. The summed E-state index contributed by atoms with van der Waals surface area (Å²) in [4.78, 5) is 25.5. The molecule has 1 aliphatic heterocycles. The van der Waals surface area contributed by atoms with E-state index in [0.29, 0.717) is 24.7 Å². The Bertz CT molecular complexity index is 589. The lowest BCUT2D eigenvalue weighted by atomic mass is 10.1. The summed E-state index contributed by atoms with van der Waals surface area (Å²) in [5.74, 6) is -0.0477. The number of carbonyl (C=O) groups is 2. The molecule has 1 fully saturated rings. The highest BCUT2D eigenvalue weighted by Crippen LogP contribution is 2.21. The molecule has 7 heteroatoms. The zero-order valence-electron chi connectivity index (χ0n) is 14.8. The summed E-state index contributed by atoms with van der Waals surface area (Å²) in [7, 11) is 0. The largest absolute Gasteiger partial charge is 0.450 e. The number of benzene rings is 1. The van der Waals surface area contributed by atoms with Gasteiger partial charge in [-0.2, -0.15) is 0 Å². The minimum atomic E-state index is -0.275. The Morgan fingerprint density at radius 1 is 1.32 bits per heavy atom. The lowest BCUT2D eigenvalue weighted by Crippen LogP contribution is -2.48. The number of likely N-dealkylation sites (tertiary alicyclic amines) is 1. The van der Waals surface area contributed by atoms with Crippen molar-refractivity contribution in [1.82, 2.24) is 15.5 Å². The average Bonchev–Trinajstić information content (AvgIpc) is 2.61. The maximum Gasteiger partial charge on any atom is 0.409 e. The van der Waals surface area contributed by atoms with Crippen molar-refractivity contribution in [2.45, 2.75) is 38.8 Å². The second-order valence-electron chi connectivity index (χ2n) is 6.15. The molecule has 1 saturated heterocycles. The number of hydrogen-bond acceptors (Lipinski definition) is 4. The van der Waals surface area contributed by atoms with E-state index < -0.39 is 0 Å². The Hall–Kier alpha value is -1.79. The van der Waals surface area contributed by atoms with Crippen LogP contribution in [0.1, 0.15) is 38.3 Å². The van der Waals surface area contributed by atoms with Crippen LogP contribution in [0.3, 0.4) is 0 Å². The van der Waals surface area contributed by atoms with Gasteiger partial charge in [-0.05, 0) is 38.3 Å². The fraction of sp³-hybridized carbons (Fsp3) is 0.556. The molecule has 0 radical (unpaired) electrons. The van der Waals surface area contributed by atoms with E-state index in [2.05, 4.69) is 10.6 Å². The maximum atomic E-state index is 12.1. The van der Waals surface area contributed by atoms with Crippen LogP contribution < -0.4 is 10.6 Å². The van der Waals surface area contributed by atoms with Crippen molar-refractivity contribution in [2.75, 3.05) is 26.2 Å². The van der Waals surface area contributed by atoms with E-state index in [0.717, 1.165) is 18.4 Å². The van der Waals surface area contributed by atoms with E-state index in [9.17, 15) is 9.59 Å². The van der Waals surface area contributed by atoms with Crippen LogP contribution in [0.2, 0.25) is 5.02 Å². The van der Waals surface area contributed by atoms with Crippen molar-refractivity contribution in [2.24, 2.45) is 0 Å². The number of nitrogens with zero attached hydrogens (tertiary/aromatic N) is 1. The number of ether oxygens (including phenoxy) is 1. The molecule has 0 aromatic heterocycles. The van der Waals surface area contributed by atoms with Gasteiger partial charge in [-0.15, -0.1) is 0 Å². The molecule has 1 heterocycles. The third-order valence-corrected chi connectivity index (χ3v) is 4.67. The van der Waals surface area contributed by atoms with Gasteiger partial charge >= 0.3 is 6.09 Å². The lowest BCUT2D eigenvalue weighted by Gasteiger charge is -2.31. The van der Waals surface area contributed by atoms with Crippen LogP contribution in [-0.2, 0) is 9.53 Å². The third kappa shape index (κ3) is 5.90. The molecule has 1 aliphatic rings. The summed E-state index contributed by atoms with van der Waals surface area (Å²) in [6.45, 7) is 5.59. The molecule has 138 valence electrons. The van der Waals surface area contributed by atoms with Gasteiger partial charge in [-0.3, -0.25) is 4.79 Å². The molecule has 1 aromatic rings. The Kier molecular flexibility index (Phi) is 7.52. The van der Waals surface area contributed by atoms with Crippen molar-refractivity contribution in [1.29, 1.82) is 0 Å². The molecule has 1 atom stereocenters. The molecular weight excluding hydrogens is 342 g/mol. The predicted molar refractivity (Wildman–Crippen MR) is 97.6 cm³/mol. The van der Waals surface area contributed by atoms with Crippen LogP contribution >= 0.6 is 11.6 Å². The SMILES string of the molecule is CCOC(=O)N1CCC(NC(=O)CNC(C)c2ccccc2Cl)CC1. The van der Waals surface area contributed by atoms with Gasteiger partial charge in [-0.1, -0.05) is 29.8 Å². The van der Waals surface area contributed by atoms with Crippen LogP contribution in [0.5, 0.6) is 0 Å². The molecule has 0 aliphatic carbocycles. The van der Waals surface area contributed by atoms with Crippen LogP contribution in [0.15, 0.2) is 24.3 Å². The fourth-order valence-electron chi connectivity index (χ4n) is 2.88. The maximum absolute atomic E-state index is 12.1. The van der Waals surface area contributed by atoms with E-state index in [1.165, 1.54) is 0 Å². The van der Waals surface area contributed by atoms with Crippen molar-refractivity contribution in [3.05, 3.63) is 34.9 Å². The quantitative estimate of drug-likeness (QED) is 0.811. The number of nitrogens with one attached hydrogen (secondary N) is 2. The summed E-state index contributed by atoms with van der Waals surface area (Å²) in [6.07, 6.45) is 1.21. The first kappa shape index (κ1) is 19.5. The highest BCUT2D eigenvalue weighted by atomic mass is 35.5. The fourth-order valence-corrected chi connectivity index (χ4v) is 3.18. The molecule has 2 rings (SSSR count). The molecular formula is C18H26ClN3O3. The average molecular weight is 368 g/mol. The molecule has 0 saturated carbocycles. The standard InChI is InChI=1S/C18H26ClN3O3/c1-3-25-18(24)22-10-8-14(9-11-22)21-17(23)12-20-13(2)15-6-4-5-7-16(15)19/h4-7,13-14,20H,3,8-12H2,1-2H3,(H,21,23). The molecule has 1 aromatic carbocycles. The summed E-state index contributed by atoms with van der Waals surface area (Å²) >= 11 is 6.17. The van der Waals surface area contributed by atoms with Gasteiger partial charge in [-0.25, -0.2) is 4.79 Å². The Morgan fingerprint density at radius 3 is 2.64 bits per heavy atom. The first-order valence-electron chi connectivity index (χ1n) is 8.70. The number of piperidine rings is 1. The molecule has 2 N–H and O–H groups in total. The van der Waals surface area contributed by atoms with Gasteiger partial charge in [0.25, 0.3) is 0 Å². The molecule has 0 spiro atoms. The van der Waals surface area contributed by atoms with Gasteiger partial charge in [0.1, 0.15) is 0 Å². The van der Waals surface area contributed by atoms with E-state index in [1.807, 2.05) is 31.2 Å². The normalized spacial score (nSPS) is 16.4. The van der Waals surface area contributed by atoms with Crippen molar-refractivity contribution in [3.8, 4) is 0 Å². The zero-order chi connectivity index (χ0) is 18.2. The van der Waals surface area contributed by atoms with Gasteiger partial charge in [0.2, 0.25) is 5.91 Å². The van der Waals surface area contributed by atoms with Gasteiger partial charge in [0.05, 0.1) is 13.2 Å². The molecule has 0 bridgehead atoms. The minimum absolute atomic E-state index is 0.00916. The smallest absolute Gasteiger partial charge is 0.409 e. The Morgan fingerprint density at radius 2 is 2.00 bits per heavy atom. The molecule has 25 heavy (non-hydrogen) atoms. The monoisotopic (exact) mass is 367 g/mol.